The lowest BCUT2D eigenvalue weighted by Crippen LogP contribution is -2.43. The van der Waals surface area contributed by atoms with E-state index >= 15 is 0 Å². The van der Waals surface area contributed by atoms with Crippen molar-refractivity contribution < 1.29 is 0 Å². The summed E-state index contributed by atoms with van der Waals surface area (Å²) in [6, 6.07) is 9.02. The molecule has 0 atom stereocenters. The van der Waals surface area contributed by atoms with Crippen LogP contribution in [0, 0.1) is 0 Å². The van der Waals surface area contributed by atoms with Crippen LogP contribution in [0.25, 0.3) is 6.08 Å². The van der Waals surface area contributed by atoms with Crippen molar-refractivity contribution in [1.29, 1.82) is 0 Å². The zero-order valence-corrected chi connectivity index (χ0v) is 11.5. The van der Waals surface area contributed by atoms with E-state index in [1.807, 2.05) is 12.1 Å². The van der Waals surface area contributed by atoms with Gasteiger partial charge in [0.2, 0.25) is 0 Å². The predicted octanol–water partition coefficient (Wildman–Crippen LogP) is 4.37. The summed E-state index contributed by atoms with van der Waals surface area (Å²) in [6.45, 7) is 2.47. The van der Waals surface area contributed by atoms with E-state index in [9.17, 15) is 0 Å². The minimum absolute atomic E-state index is 0.867. The van der Waals surface area contributed by atoms with Gasteiger partial charge in [0, 0.05) is 24.2 Å². The lowest BCUT2D eigenvalue weighted by Gasteiger charge is -2.40. The first-order chi connectivity index (χ1) is 8.83. The minimum Gasteiger partial charge on any atom is -0.300 e. The second-order valence-corrected chi connectivity index (χ2v) is 5.85. The van der Waals surface area contributed by atoms with Crippen molar-refractivity contribution >= 4 is 17.7 Å². The SMILES string of the molecule is Clc1ccccc1C=C1CCN(C2CCC2)CC1. The largest absolute Gasteiger partial charge is 0.300 e. The Morgan fingerprint density at radius 3 is 2.44 bits per heavy atom. The molecule has 0 radical (unpaired) electrons. The summed E-state index contributed by atoms with van der Waals surface area (Å²) < 4.78 is 0. The maximum atomic E-state index is 6.20. The number of hydrogen-bond donors (Lipinski definition) is 0. The molecule has 1 nitrogen and oxygen atoms in total. The van der Waals surface area contributed by atoms with E-state index in [2.05, 4.69) is 23.1 Å². The van der Waals surface area contributed by atoms with Crippen molar-refractivity contribution in [3.63, 3.8) is 0 Å². The highest BCUT2D eigenvalue weighted by atomic mass is 35.5. The maximum absolute atomic E-state index is 6.20. The van der Waals surface area contributed by atoms with Gasteiger partial charge < -0.3 is 0 Å². The van der Waals surface area contributed by atoms with Crippen LogP contribution in [-0.4, -0.2) is 24.0 Å². The van der Waals surface area contributed by atoms with Crippen LogP contribution in [0.4, 0.5) is 0 Å². The lowest BCUT2D eigenvalue weighted by atomic mass is 9.89. The Balaban J connectivity index is 1.63. The van der Waals surface area contributed by atoms with Gasteiger partial charge in [0.15, 0.2) is 0 Å². The molecule has 0 N–H and O–H groups in total. The average Bonchev–Trinajstić information content (AvgIpc) is 2.32. The predicted molar refractivity (Wildman–Crippen MR) is 77.9 cm³/mol. The number of halogens is 1. The molecule has 2 fully saturated rings. The fourth-order valence-corrected chi connectivity index (χ4v) is 3.07. The van der Waals surface area contributed by atoms with Crippen LogP contribution in [-0.2, 0) is 0 Å². The van der Waals surface area contributed by atoms with Crippen molar-refractivity contribution in [3.8, 4) is 0 Å². The molecule has 2 aliphatic rings. The minimum atomic E-state index is 0.867. The zero-order chi connectivity index (χ0) is 12.4. The van der Waals surface area contributed by atoms with Crippen LogP contribution in [0.5, 0.6) is 0 Å². The summed E-state index contributed by atoms with van der Waals surface area (Å²) in [5.74, 6) is 0. The molecule has 1 aromatic carbocycles. The first kappa shape index (κ1) is 12.3. The second kappa shape index (κ2) is 5.46. The van der Waals surface area contributed by atoms with E-state index in [0.29, 0.717) is 0 Å². The summed E-state index contributed by atoms with van der Waals surface area (Å²) in [4.78, 5) is 2.67. The third-order valence-electron chi connectivity index (χ3n) is 4.30. The van der Waals surface area contributed by atoms with E-state index < -0.39 is 0 Å². The zero-order valence-electron chi connectivity index (χ0n) is 10.7. The fourth-order valence-electron chi connectivity index (χ4n) is 2.88. The molecule has 1 aliphatic carbocycles. The highest BCUT2D eigenvalue weighted by molar-refractivity contribution is 6.32. The monoisotopic (exact) mass is 261 g/mol. The Kier molecular flexibility index (Phi) is 3.72. The van der Waals surface area contributed by atoms with Gasteiger partial charge in [-0.2, -0.15) is 0 Å². The van der Waals surface area contributed by atoms with Crippen molar-refractivity contribution in [2.45, 2.75) is 38.1 Å². The molecule has 18 heavy (non-hydrogen) atoms. The molecule has 0 aromatic heterocycles. The normalized spacial score (nSPS) is 21.7. The number of rotatable bonds is 2. The number of benzene rings is 1. The summed E-state index contributed by atoms with van der Waals surface area (Å²) >= 11 is 6.20. The lowest BCUT2D eigenvalue weighted by molar-refractivity contribution is 0.118. The van der Waals surface area contributed by atoms with Gasteiger partial charge in [0.05, 0.1) is 0 Å². The smallest absolute Gasteiger partial charge is 0.0478 e. The summed E-state index contributed by atoms with van der Waals surface area (Å²) in [5, 5.41) is 0.867. The highest BCUT2D eigenvalue weighted by Crippen LogP contribution is 2.30. The number of likely N-dealkylation sites (tertiary alicyclic amines) is 1. The van der Waals surface area contributed by atoms with Crippen molar-refractivity contribution in [2.24, 2.45) is 0 Å². The van der Waals surface area contributed by atoms with E-state index in [1.54, 1.807) is 5.57 Å². The molecule has 0 bridgehead atoms. The molecule has 0 unspecified atom stereocenters. The Labute approximate surface area is 114 Å². The topological polar surface area (TPSA) is 3.24 Å². The average molecular weight is 262 g/mol. The molecule has 3 rings (SSSR count). The van der Waals surface area contributed by atoms with Crippen molar-refractivity contribution in [3.05, 3.63) is 40.4 Å². The number of hydrogen-bond acceptors (Lipinski definition) is 1. The Hall–Kier alpha value is -0.790. The van der Waals surface area contributed by atoms with E-state index in [1.165, 1.54) is 50.8 Å². The van der Waals surface area contributed by atoms with Gasteiger partial charge in [-0.15, -0.1) is 0 Å². The molecule has 0 amide bonds. The second-order valence-electron chi connectivity index (χ2n) is 5.44. The third-order valence-corrected chi connectivity index (χ3v) is 4.64. The third kappa shape index (κ3) is 2.62. The Morgan fingerprint density at radius 1 is 1.11 bits per heavy atom. The van der Waals surface area contributed by atoms with Gasteiger partial charge in [0.25, 0.3) is 0 Å². The molecule has 1 heterocycles. The molecular formula is C16H20ClN. The standard InChI is InChI=1S/C16H20ClN/c17-16-7-2-1-4-14(16)12-13-8-10-18(11-9-13)15-5-3-6-15/h1-2,4,7,12,15H,3,5-6,8-11H2. The quantitative estimate of drug-likeness (QED) is 0.764. The van der Waals surface area contributed by atoms with Crippen molar-refractivity contribution in [1.82, 2.24) is 4.90 Å². The summed E-state index contributed by atoms with van der Waals surface area (Å²) in [6.07, 6.45) is 8.99. The van der Waals surface area contributed by atoms with Crippen LogP contribution < -0.4 is 0 Å². The van der Waals surface area contributed by atoms with Crippen LogP contribution >= 0.6 is 11.6 Å². The van der Waals surface area contributed by atoms with Crippen molar-refractivity contribution in [2.75, 3.05) is 13.1 Å². The highest BCUT2D eigenvalue weighted by Gasteiger charge is 2.26. The molecule has 1 aliphatic heterocycles. The van der Waals surface area contributed by atoms with Gasteiger partial charge in [-0.3, -0.25) is 4.90 Å². The van der Waals surface area contributed by atoms with E-state index in [-0.39, 0.29) is 0 Å². The van der Waals surface area contributed by atoms with Gasteiger partial charge in [0.1, 0.15) is 0 Å². The Bertz CT molecular complexity index is 438. The fraction of sp³-hybridized carbons (Fsp3) is 0.500. The molecule has 2 heteroatoms. The van der Waals surface area contributed by atoms with Crippen LogP contribution in [0.1, 0.15) is 37.7 Å². The molecule has 1 aromatic rings. The van der Waals surface area contributed by atoms with E-state index in [0.717, 1.165) is 11.1 Å². The molecule has 96 valence electrons. The molecular weight excluding hydrogens is 242 g/mol. The van der Waals surface area contributed by atoms with Crippen LogP contribution in [0.2, 0.25) is 5.02 Å². The van der Waals surface area contributed by atoms with Gasteiger partial charge >= 0.3 is 0 Å². The summed E-state index contributed by atoms with van der Waals surface area (Å²) in [5.41, 5.74) is 2.73. The summed E-state index contributed by atoms with van der Waals surface area (Å²) in [7, 11) is 0. The maximum Gasteiger partial charge on any atom is 0.0478 e. The van der Waals surface area contributed by atoms with Gasteiger partial charge in [-0.05, 0) is 37.3 Å². The first-order valence-corrected chi connectivity index (χ1v) is 7.39. The Morgan fingerprint density at radius 2 is 1.83 bits per heavy atom. The van der Waals surface area contributed by atoms with Crippen LogP contribution in [0.3, 0.4) is 0 Å². The molecule has 0 spiro atoms. The van der Waals surface area contributed by atoms with Gasteiger partial charge in [-0.25, -0.2) is 0 Å². The first-order valence-electron chi connectivity index (χ1n) is 7.01. The molecule has 1 saturated carbocycles. The number of piperidine rings is 1. The number of nitrogens with zero attached hydrogens (tertiary/aromatic N) is 1. The van der Waals surface area contributed by atoms with E-state index in [4.69, 9.17) is 11.6 Å². The molecule has 1 saturated heterocycles. The van der Waals surface area contributed by atoms with Crippen LogP contribution in [0.15, 0.2) is 29.8 Å². The van der Waals surface area contributed by atoms with Gasteiger partial charge in [-0.1, -0.05) is 47.9 Å².